The van der Waals surface area contributed by atoms with Crippen molar-refractivity contribution in [2.75, 3.05) is 19.7 Å². The van der Waals surface area contributed by atoms with E-state index >= 15 is 0 Å². The largest absolute Gasteiger partial charge is 0.484 e. The van der Waals surface area contributed by atoms with Crippen LogP contribution in [-0.4, -0.2) is 53.7 Å². The summed E-state index contributed by atoms with van der Waals surface area (Å²) in [5, 5.41) is 14.3. The van der Waals surface area contributed by atoms with E-state index in [2.05, 4.69) is 10.2 Å². The molecular formula is C22H26N2O4. The maximum atomic E-state index is 12.2. The molecule has 2 aliphatic carbocycles. The third-order valence-corrected chi connectivity index (χ3v) is 5.61. The van der Waals surface area contributed by atoms with Crippen molar-refractivity contribution in [1.29, 1.82) is 0 Å². The molecule has 2 aromatic rings. The van der Waals surface area contributed by atoms with Gasteiger partial charge >= 0.3 is 5.97 Å². The molecule has 0 saturated heterocycles. The predicted octanol–water partition coefficient (Wildman–Crippen LogP) is 2.66. The van der Waals surface area contributed by atoms with Gasteiger partial charge in [-0.1, -0.05) is 30.3 Å². The van der Waals surface area contributed by atoms with Crippen LogP contribution in [0, 0.1) is 5.92 Å². The lowest BCUT2D eigenvalue weighted by molar-refractivity contribution is -0.140. The molecule has 2 aromatic carbocycles. The number of carbonyl (C=O) groups excluding carboxylic acids is 1. The van der Waals surface area contributed by atoms with Crippen LogP contribution in [0.25, 0.3) is 10.8 Å². The number of carbonyl (C=O) groups is 2. The lowest BCUT2D eigenvalue weighted by Gasteiger charge is -2.42. The Labute approximate surface area is 164 Å². The van der Waals surface area contributed by atoms with E-state index in [1.807, 2.05) is 42.5 Å². The zero-order valence-corrected chi connectivity index (χ0v) is 15.8. The number of amides is 1. The van der Waals surface area contributed by atoms with Gasteiger partial charge in [-0.3, -0.25) is 14.5 Å². The Morgan fingerprint density at radius 1 is 1.11 bits per heavy atom. The molecule has 0 heterocycles. The van der Waals surface area contributed by atoms with E-state index in [0.29, 0.717) is 11.7 Å². The monoisotopic (exact) mass is 382 g/mol. The number of aliphatic carboxylic acids is 1. The van der Waals surface area contributed by atoms with Gasteiger partial charge in [-0.15, -0.1) is 0 Å². The summed E-state index contributed by atoms with van der Waals surface area (Å²) < 4.78 is 5.63. The highest BCUT2D eigenvalue weighted by Gasteiger charge is 2.37. The molecule has 6 nitrogen and oxygen atoms in total. The molecule has 0 atom stereocenters. The molecule has 0 unspecified atom stereocenters. The van der Waals surface area contributed by atoms with Crippen molar-refractivity contribution in [2.45, 2.75) is 37.8 Å². The Balaban J connectivity index is 1.21. The molecule has 1 amide bonds. The summed E-state index contributed by atoms with van der Waals surface area (Å²) in [4.78, 5) is 25.3. The van der Waals surface area contributed by atoms with Gasteiger partial charge in [0.25, 0.3) is 5.91 Å². The summed E-state index contributed by atoms with van der Waals surface area (Å²) in [6, 6.07) is 14.2. The van der Waals surface area contributed by atoms with Gasteiger partial charge in [-0.05, 0) is 54.5 Å². The average Bonchev–Trinajstić information content (AvgIpc) is 3.45. The van der Waals surface area contributed by atoms with E-state index in [-0.39, 0.29) is 31.1 Å². The number of hydrogen-bond acceptors (Lipinski definition) is 4. The van der Waals surface area contributed by atoms with Gasteiger partial charge in [0.15, 0.2) is 6.61 Å². The first-order valence-corrected chi connectivity index (χ1v) is 9.93. The normalized spacial score (nSPS) is 21.3. The van der Waals surface area contributed by atoms with Crippen molar-refractivity contribution in [3.63, 3.8) is 0 Å². The molecular weight excluding hydrogens is 356 g/mol. The summed E-state index contributed by atoms with van der Waals surface area (Å²) in [5.41, 5.74) is 0. The lowest BCUT2D eigenvalue weighted by Crippen LogP contribution is -2.55. The second-order valence-electron chi connectivity index (χ2n) is 7.95. The summed E-state index contributed by atoms with van der Waals surface area (Å²) in [6.45, 7) is 0.941. The van der Waals surface area contributed by atoms with Crippen LogP contribution in [0.1, 0.15) is 25.7 Å². The molecule has 2 N–H and O–H groups in total. The van der Waals surface area contributed by atoms with Crippen LogP contribution in [0.5, 0.6) is 5.75 Å². The Morgan fingerprint density at radius 3 is 2.57 bits per heavy atom. The minimum atomic E-state index is -0.781. The van der Waals surface area contributed by atoms with Gasteiger partial charge in [0.2, 0.25) is 0 Å². The van der Waals surface area contributed by atoms with Crippen molar-refractivity contribution in [1.82, 2.24) is 10.2 Å². The molecule has 0 aliphatic heterocycles. The number of rotatable bonds is 9. The zero-order valence-electron chi connectivity index (χ0n) is 15.8. The fraction of sp³-hybridized carbons (Fsp3) is 0.455. The maximum Gasteiger partial charge on any atom is 0.317 e. The topological polar surface area (TPSA) is 78.9 Å². The van der Waals surface area contributed by atoms with Crippen LogP contribution in [0.15, 0.2) is 42.5 Å². The number of ether oxygens (including phenoxy) is 1. The molecule has 2 saturated carbocycles. The first-order valence-electron chi connectivity index (χ1n) is 9.93. The molecule has 0 bridgehead atoms. The highest BCUT2D eigenvalue weighted by atomic mass is 16.5. The smallest absolute Gasteiger partial charge is 0.317 e. The molecule has 4 rings (SSSR count). The van der Waals surface area contributed by atoms with Gasteiger partial charge in [0.1, 0.15) is 5.75 Å². The number of carboxylic acid groups (broad SMARTS) is 1. The summed E-state index contributed by atoms with van der Waals surface area (Å²) in [7, 11) is 0. The van der Waals surface area contributed by atoms with Crippen molar-refractivity contribution in [3.05, 3.63) is 42.5 Å². The van der Waals surface area contributed by atoms with Crippen LogP contribution >= 0.6 is 0 Å². The Bertz CT molecular complexity index is 858. The van der Waals surface area contributed by atoms with Gasteiger partial charge in [-0.25, -0.2) is 0 Å². The second kappa shape index (κ2) is 8.19. The van der Waals surface area contributed by atoms with Crippen LogP contribution in [-0.2, 0) is 9.59 Å². The number of hydrogen-bond donors (Lipinski definition) is 2. The number of nitrogens with one attached hydrogen (secondary N) is 1. The van der Waals surface area contributed by atoms with Crippen LogP contribution < -0.4 is 10.1 Å². The maximum absolute atomic E-state index is 12.2. The minimum absolute atomic E-state index is 0.0135. The third-order valence-electron chi connectivity index (χ3n) is 5.61. The van der Waals surface area contributed by atoms with E-state index in [1.54, 1.807) is 0 Å². The molecule has 6 heteroatoms. The summed E-state index contributed by atoms with van der Waals surface area (Å²) >= 11 is 0. The summed E-state index contributed by atoms with van der Waals surface area (Å²) in [5.74, 6) is 0.418. The van der Waals surface area contributed by atoms with Crippen molar-refractivity contribution >= 4 is 22.6 Å². The van der Waals surface area contributed by atoms with E-state index in [9.17, 15) is 9.59 Å². The van der Waals surface area contributed by atoms with Gasteiger partial charge < -0.3 is 15.2 Å². The van der Waals surface area contributed by atoms with Gasteiger partial charge in [-0.2, -0.15) is 0 Å². The summed E-state index contributed by atoms with van der Waals surface area (Å²) in [6.07, 6.45) is 4.02. The Morgan fingerprint density at radius 2 is 1.86 bits per heavy atom. The van der Waals surface area contributed by atoms with E-state index in [0.717, 1.165) is 30.2 Å². The number of benzene rings is 2. The fourth-order valence-corrected chi connectivity index (χ4v) is 3.83. The molecule has 0 radical (unpaired) electrons. The zero-order chi connectivity index (χ0) is 19.5. The van der Waals surface area contributed by atoms with Crippen LogP contribution in [0.3, 0.4) is 0 Å². The standard InChI is InChI=1S/C22H26N2O4/c25-21(14-28-20-8-7-16-3-1-2-4-17(16)9-20)23-18-10-19(11-18)24(13-22(26)27)12-15-5-6-15/h1-4,7-9,15,18-19H,5-6,10-14H2,(H,23,25)(H,26,27). The van der Waals surface area contributed by atoms with Crippen molar-refractivity contribution < 1.29 is 19.4 Å². The molecule has 0 aromatic heterocycles. The minimum Gasteiger partial charge on any atom is -0.484 e. The quantitative estimate of drug-likeness (QED) is 0.697. The molecule has 2 aliphatic rings. The average molecular weight is 382 g/mol. The number of carboxylic acids is 1. The van der Waals surface area contributed by atoms with Crippen molar-refractivity contribution in [3.8, 4) is 5.75 Å². The van der Waals surface area contributed by atoms with Crippen LogP contribution in [0.4, 0.5) is 0 Å². The number of nitrogens with zero attached hydrogens (tertiary/aromatic N) is 1. The first kappa shape index (κ1) is 18.7. The molecule has 0 spiro atoms. The Kier molecular flexibility index (Phi) is 5.48. The van der Waals surface area contributed by atoms with Gasteiger partial charge in [0, 0.05) is 18.6 Å². The molecule has 28 heavy (non-hydrogen) atoms. The third kappa shape index (κ3) is 4.81. The molecule has 2 fully saturated rings. The van der Waals surface area contributed by atoms with E-state index in [4.69, 9.17) is 9.84 Å². The van der Waals surface area contributed by atoms with E-state index in [1.165, 1.54) is 12.8 Å². The fourth-order valence-electron chi connectivity index (χ4n) is 3.83. The predicted molar refractivity (Wildman–Crippen MR) is 106 cm³/mol. The molecule has 148 valence electrons. The Hall–Kier alpha value is -2.60. The van der Waals surface area contributed by atoms with Crippen molar-refractivity contribution in [2.24, 2.45) is 5.92 Å². The highest BCUT2D eigenvalue weighted by molar-refractivity contribution is 5.84. The number of fused-ring (bicyclic) bond motifs is 1. The van der Waals surface area contributed by atoms with Crippen LogP contribution in [0.2, 0.25) is 0 Å². The lowest BCUT2D eigenvalue weighted by atomic mass is 9.85. The SMILES string of the molecule is O=C(O)CN(CC1CC1)C1CC(NC(=O)COc2ccc3ccccc3c2)C1. The van der Waals surface area contributed by atoms with E-state index < -0.39 is 5.97 Å². The second-order valence-corrected chi connectivity index (χ2v) is 7.95. The van der Waals surface area contributed by atoms with Gasteiger partial charge in [0.05, 0.1) is 6.54 Å². The first-order chi connectivity index (χ1) is 13.6. The highest BCUT2D eigenvalue weighted by Crippen LogP contribution is 2.33.